The summed E-state index contributed by atoms with van der Waals surface area (Å²) in [4.78, 5) is 0. The van der Waals surface area contributed by atoms with E-state index >= 15 is 0 Å². The number of hydrogen-bond donors (Lipinski definition) is 0. The second-order valence-electron chi connectivity index (χ2n) is 5.65. The maximum absolute atomic E-state index is 6.55. The molecule has 1 aromatic carbocycles. The fourth-order valence-corrected chi connectivity index (χ4v) is 3.43. The number of halogens is 1. The Bertz CT molecular complexity index is 490. The van der Waals surface area contributed by atoms with Crippen LogP contribution in [0.1, 0.15) is 38.3 Å². The van der Waals surface area contributed by atoms with E-state index in [0.717, 1.165) is 55.2 Å². The molecule has 0 fully saturated rings. The lowest BCUT2D eigenvalue weighted by Crippen LogP contribution is -2.55. The molecule has 0 saturated heterocycles. The van der Waals surface area contributed by atoms with Gasteiger partial charge in [-0.1, -0.05) is 39.0 Å². The molecular formula is C18H27ClNO+. The summed E-state index contributed by atoms with van der Waals surface area (Å²) in [5.41, 5.74) is 4.24. The molecule has 0 bridgehead atoms. The molecule has 0 N–H and O–H groups in total. The Morgan fingerprint density at radius 1 is 1.10 bits per heavy atom. The summed E-state index contributed by atoms with van der Waals surface area (Å²) in [6.45, 7) is 10.1. The number of rotatable bonds is 8. The third-order valence-corrected chi connectivity index (χ3v) is 4.82. The van der Waals surface area contributed by atoms with Gasteiger partial charge in [0.1, 0.15) is 18.8 Å². The highest BCUT2D eigenvalue weighted by atomic mass is 35.5. The van der Waals surface area contributed by atoms with E-state index in [1.165, 1.54) is 16.8 Å². The van der Waals surface area contributed by atoms with Gasteiger partial charge in [0, 0.05) is 23.8 Å². The van der Waals surface area contributed by atoms with Crippen molar-refractivity contribution in [2.75, 3.05) is 26.3 Å². The minimum absolute atomic E-state index is 0.763. The summed E-state index contributed by atoms with van der Waals surface area (Å²) < 4.78 is 6.51. The number of aryl methyl sites for hydroxylation is 2. The largest absolute Gasteiger partial charge is 0.376 e. The highest BCUT2D eigenvalue weighted by molar-refractivity contribution is 6.31. The van der Waals surface area contributed by atoms with Crippen molar-refractivity contribution in [1.29, 1.82) is 0 Å². The van der Waals surface area contributed by atoms with Crippen LogP contribution < -0.4 is 4.48 Å². The Balaban J connectivity index is 2.33. The molecule has 1 heterocycles. The predicted octanol–water partition coefficient (Wildman–Crippen LogP) is 4.64. The van der Waals surface area contributed by atoms with Crippen LogP contribution in [0.15, 0.2) is 29.4 Å². The number of benzene rings is 1. The average molecular weight is 309 g/mol. The topological polar surface area (TPSA) is 9.23 Å². The van der Waals surface area contributed by atoms with Crippen LogP contribution in [0.25, 0.3) is 0 Å². The van der Waals surface area contributed by atoms with E-state index in [1.54, 1.807) is 0 Å². The van der Waals surface area contributed by atoms with Crippen LogP contribution in [0.4, 0.5) is 5.69 Å². The Morgan fingerprint density at radius 2 is 1.76 bits per heavy atom. The molecule has 0 amide bonds. The van der Waals surface area contributed by atoms with Gasteiger partial charge in [0.15, 0.2) is 0 Å². The molecule has 1 aliphatic heterocycles. The Morgan fingerprint density at radius 3 is 2.19 bits per heavy atom. The number of quaternary nitrogens is 1. The van der Waals surface area contributed by atoms with Crippen LogP contribution in [0, 0.1) is 0 Å². The maximum atomic E-state index is 6.55. The third kappa shape index (κ3) is 3.18. The first-order valence-electron chi connectivity index (χ1n) is 8.12. The van der Waals surface area contributed by atoms with E-state index in [0.29, 0.717) is 0 Å². The number of ether oxygens (including phenoxy) is 1. The van der Waals surface area contributed by atoms with E-state index < -0.39 is 0 Å². The van der Waals surface area contributed by atoms with Gasteiger partial charge in [-0.05, 0) is 30.9 Å². The van der Waals surface area contributed by atoms with Crippen LogP contribution in [0.3, 0.4) is 0 Å². The van der Waals surface area contributed by atoms with Crippen molar-refractivity contribution in [2.24, 2.45) is 0 Å². The zero-order chi connectivity index (χ0) is 15.3. The smallest absolute Gasteiger partial charge is 0.208 e. The van der Waals surface area contributed by atoms with Gasteiger partial charge in [0.2, 0.25) is 5.16 Å². The fraction of sp³-hybridized carbons (Fsp3) is 0.556. The van der Waals surface area contributed by atoms with Crippen LogP contribution in [0.2, 0.25) is 0 Å². The number of nitrogens with zero attached hydrogens (tertiary/aromatic N) is 1. The number of hydrogen-bond acceptors (Lipinski definition) is 1. The Labute approximate surface area is 134 Å². The molecule has 1 aromatic rings. The first-order chi connectivity index (χ1) is 10.2. The second kappa shape index (κ2) is 7.44. The van der Waals surface area contributed by atoms with Crippen molar-refractivity contribution in [3.63, 3.8) is 0 Å². The molecule has 1 atom stereocenters. The van der Waals surface area contributed by atoms with Crippen LogP contribution in [0.5, 0.6) is 0 Å². The molecule has 21 heavy (non-hydrogen) atoms. The molecule has 0 aromatic heterocycles. The summed E-state index contributed by atoms with van der Waals surface area (Å²) in [7, 11) is 0. The summed E-state index contributed by atoms with van der Waals surface area (Å²) in [5.74, 6) is 0. The van der Waals surface area contributed by atoms with Crippen molar-refractivity contribution < 1.29 is 4.74 Å². The van der Waals surface area contributed by atoms with Gasteiger partial charge in [0.25, 0.3) is 0 Å². The molecule has 1 unspecified atom stereocenters. The van der Waals surface area contributed by atoms with Crippen molar-refractivity contribution >= 4 is 17.3 Å². The van der Waals surface area contributed by atoms with Gasteiger partial charge in [-0.3, -0.25) is 0 Å². The predicted molar refractivity (Wildman–Crippen MR) is 91.8 cm³/mol. The van der Waals surface area contributed by atoms with E-state index in [2.05, 4.69) is 45.0 Å². The molecule has 3 heteroatoms. The quantitative estimate of drug-likeness (QED) is 0.386. The monoisotopic (exact) mass is 308 g/mol. The molecule has 0 saturated carbocycles. The van der Waals surface area contributed by atoms with Gasteiger partial charge in [-0.25, -0.2) is 4.48 Å². The summed E-state index contributed by atoms with van der Waals surface area (Å²) in [6, 6.07) is 6.65. The minimum atomic E-state index is 0.763. The third-order valence-electron chi connectivity index (χ3n) is 4.34. The van der Waals surface area contributed by atoms with Crippen molar-refractivity contribution in [3.05, 3.63) is 40.6 Å². The van der Waals surface area contributed by atoms with Gasteiger partial charge in [0.05, 0.1) is 6.61 Å². The molecular weight excluding hydrogens is 282 g/mol. The van der Waals surface area contributed by atoms with Crippen LogP contribution in [-0.2, 0) is 17.6 Å². The summed E-state index contributed by atoms with van der Waals surface area (Å²) in [5, 5.41) is 0.950. The lowest BCUT2D eigenvalue weighted by molar-refractivity contribution is 0.115. The van der Waals surface area contributed by atoms with Crippen LogP contribution in [-0.4, -0.2) is 26.3 Å². The standard InChI is InChI=1S/C18H27ClNO/c1-4-13-21-14-12-20(11-10-17(20)19)18-15(5-2)8-7-9-16(18)6-3/h7-10H,4-6,11-14H2,1-3H3/q+1. The molecule has 0 radical (unpaired) electrons. The average Bonchev–Trinajstić information content (AvgIpc) is 2.53. The maximum Gasteiger partial charge on any atom is 0.208 e. The zero-order valence-electron chi connectivity index (χ0n) is 13.5. The summed E-state index contributed by atoms with van der Waals surface area (Å²) in [6.07, 6.45) is 5.29. The van der Waals surface area contributed by atoms with Crippen molar-refractivity contribution in [2.45, 2.75) is 40.0 Å². The van der Waals surface area contributed by atoms with Crippen molar-refractivity contribution in [3.8, 4) is 0 Å². The van der Waals surface area contributed by atoms with E-state index in [4.69, 9.17) is 16.3 Å². The second-order valence-corrected chi connectivity index (χ2v) is 6.03. The van der Waals surface area contributed by atoms with Gasteiger partial charge < -0.3 is 4.74 Å². The molecule has 0 aliphatic carbocycles. The SMILES string of the molecule is CCCOCC[N+]1(c2c(CC)cccc2CC)CC=C1Cl. The molecule has 2 rings (SSSR count). The van der Waals surface area contributed by atoms with Crippen LogP contribution >= 0.6 is 11.6 Å². The lowest BCUT2D eigenvalue weighted by atomic mass is 9.98. The highest BCUT2D eigenvalue weighted by Gasteiger charge is 2.43. The summed E-state index contributed by atoms with van der Waals surface area (Å²) >= 11 is 6.55. The zero-order valence-corrected chi connectivity index (χ0v) is 14.2. The van der Waals surface area contributed by atoms with Gasteiger partial charge in [-0.15, -0.1) is 0 Å². The molecule has 116 valence electrons. The lowest BCUT2D eigenvalue weighted by Gasteiger charge is -2.43. The normalized spacial score (nSPS) is 21.0. The Kier molecular flexibility index (Phi) is 5.86. The molecule has 1 aliphatic rings. The van der Waals surface area contributed by atoms with E-state index in [-0.39, 0.29) is 0 Å². The highest BCUT2D eigenvalue weighted by Crippen LogP contribution is 2.42. The minimum Gasteiger partial charge on any atom is -0.376 e. The Hall–Kier alpha value is -0.830. The van der Waals surface area contributed by atoms with E-state index in [9.17, 15) is 0 Å². The first kappa shape index (κ1) is 16.5. The van der Waals surface area contributed by atoms with E-state index in [1.807, 2.05) is 0 Å². The number of para-hydroxylation sites is 1. The van der Waals surface area contributed by atoms with Gasteiger partial charge in [-0.2, -0.15) is 0 Å². The van der Waals surface area contributed by atoms with Crippen molar-refractivity contribution in [1.82, 2.24) is 4.48 Å². The molecule has 0 spiro atoms. The fourth-order valence-electron chi connectivity index (χ4n) is 3.12. The first-order valence-corrected chi connectivity index (χ1v) is 8.49. The van der Waals surface area contributed by atoms with Gasteiger partial charge >= 0.3 is 0 Å². The molecule has 2 nitrogen and oxygen atoms in total.